The number of rotatable bonds is 9. The SMILES string of the molecule is COCC(CNCCOC1(C)CNC1)OC. The van der Waals surface area contributed by atoms with Crippen molar-refractivity contribution in [1.82, 2.24) is 10.6 Å². The van der Waals surface area contributed by atoms with Crippen molar-refractivity contribution in [3.8, 4) is 0 Å². The predicted molar refractivity (Wildman–Crippen MR) is 62.8 cm³/mol. The van der Waals surface area contributed by atoms with Gasteiger partial charge in [0, 0.05) is 40.4 Å². The number of ether oxygens (including phenoxy) is 3. The summed E-state index contributed by atoms with van der Waals surface area (Å²) in [6.07, 6.45) is 0.117. The lowest BCUT2D eigenvalue weighted by molar-refractivity contribution is -0.0655. The highest BCUT2D eigenvalue weighted by Crippen LogP contribution is 2.14. The Kier molecular flexibility index (Phi) is 6.23. The molecule has 1 rings (SSSR count). The maximum absolute atomic E-state index is 5.74. The molecule has 1 saturated heterocycles. The van der Waals surface area contributed by atoms with Gasteiger partial charge in [0.2, 0.25) is 0 Å². The molecule has 0 spiro atoms. The Hall–Kier alpha value is -0.200. The predicted octanol–water partition coefficient (Wildman–Crippen LogP) is -0.384. The minimum Gasteiger partial charge on any atom is -0.382 e. The van der Waals surface area contributed by atoms with Crippen molar-refractivity contribution in [3.63, 3.8) is 0 Å². The van der Waals surface area contributed by atoms with E-state index in [2.05, 4.69) is 17.6 Å². The fourth-order valence-electron chi connectivity index (χ4n) is 1.61. The first-order valence-corrected chi connectivity index (χ1v) is 5.77. The summed E-state index contributed by atoms with van der Waals surface area (Å²) in [4.78, 5) is 0. The molecule has 0 bridgehead atoms. The molecule has 1 atom stereocenters. The fraction of sp³-hybridized carbons (Fsp3) is 1.00. The zero-order chi connectivity index (χ0) is 11.9. The highest BCUT2D eigenvalue weighted by atomic mass is 16.5. The van der Waals surface area contributed by atoms with Crippen LogP contribution in [-0.2, 0) is 14.2 Å². The molecule has 16 heavy (non-hydrogen) atoms. The van der Waals surface area contributed by atoms with Crippen molar-refractivity contribution in [1.29, 1.82) is 0 Å². The summed E-state index contributed by atoms with van der Waals surface area (Å²) in [6.45, 7) is 7.04. The molecule has 1 unspecified atom stereocenters. The molecular formula is C11H24N2O3. The summed E-state index contributed by atoms with van der Waals surface area (Å²) in [5.74, 6) is 0. The van der Waals surface area contributed by atoms with Gasteiger partial charge < -0.3 is 24.8 Å². The van der Waals surface area contributed by atoms with E-state index in [9.17, 15) is 0 Å². The molecule has 96 valence electrons. The summed E-state index contributed by atoms with van der Waals surface area (Å²) in [5.41, 5.74) is 0.0505. The molecule has 0 radical (unpaired) electrons. The Morgan fingerprint density at radius 1 is 1.38 bits per heavy atom. The van der Waals surface area contributed by atoms with Crippen LogP contribution in [0.3, 0.4) is 0 Å². The van der Waals surface area contributed by atoms with E-state index in [4.69, 9.17) is 14.2 Å². The molecular weight excluding hydrogens is 208 g/mol. The first kappa shape index (κ1) is 13.9. The van der Waals surface area contributed by atoms with Crippen LogP contribution in [0.5, 0.6) is 0 Å². The molecule has 0 aromatic heterocycles. The number of hydrogen-bond donors (Lipinski definition) is 2. The van der Waals surface area contributed by atoms with Crippen LogP contribution in [-0.4, -0.2) is 65.3 Å². The minimum atomic E-state index is 0.0505. The van der Waals surface area contributed by atoms with E-state index in [-0.39, 0.29) is 11.7 Å². The second kappa shape index (κ2) is 7.19. The highest BCUT2D eigenvalue weighted by molar-refractivity contribution is 4.90. The van der Waals surface area contributed by atoms with Crippen molar-refractivity contribution in [2.75, 3.05) is 53.6 Å². The Morgan fingerprint density at radius 2 is 2.12 bits per heavy atom. The smallest absolute Gasteiger partial charge is 0.0928 e. The van der Waals surface area contributed by atoms with Crippen LogP contribution in [0.4, 0.5) is 0 Å². The third kappa shape index (κ3) is 4.76. The van der Waals surface area contributed by atoms with Crippen molar-refractivity contribution in [3.05, 3.63) is 0 Å². The Bertz CT molecular complexity index is 186. The first-order valence-electron chi connectivity index (χ1n) is 5.77. The van der Waals surface area contributed by atoms with E-state index in [0.29, 0.717) is 6.61 Å². The topological polar surface area (TPSA) is 51.8 Å². The molecule has 5 heteroatoms. The third-order valence-corrected chi connectivity index (χ3v) is 2.79. The standard InChI is InChI=1S/C11H24N2O3/c1-11(8-13-9-11)16-5-4-12-6-10(15-3)7-14-2/h10,12-13H,4-9H2,1-3H3. The monoisotopic (exact) mass is 232 g/mol. The van der Waals surface area contributed by atoms with E-state index < -0.39 is 0 Å². The Labute approximate surface area is 97.8 Å². The molecule has 0 aromatic carbocycles. The molecule has 0 aromatic rings. The summed E-state index contributed by atoms with van der Waals surface area (Å²) >= 11 is 0. The van der Waals surface area contributed by atoms with Gasteiger partial charge in [-0.1, -0.05) is 0 Å². The average Bonchev–Trinajstić information content (AvgIpc) is 2.24. The molecule has 1 aliphatic rings. The van der Waals surface area contributed by atoms with Crippen LogP contribution >= 0.6 is 0 Å². The van der Waals surface area contributed by atoms with Gasteiger partial charge in [-0.25, -0.2) is 0 Å². The van der Waals surface area contributed by atoms with E-state index in [1.807, 2.05) is 0 Å². The minimum absolute atomic E-state index is 0.0505. The molecule has 0 amide bonds. The average molecular weight is 232 g/mol. The molecule has 2 N–H and O–H groups in total. The van der Waals surface area contributed by atoms with Gasteiger partial charge in [-0.3, -0.25) is 0 Å². The second-order valence-corrected chi connectivity index (χ2v) is 4.42. The normalized spacial score (nSPS) is 20.4. The van der Waals surface area contributed by atoms with Crippen molar-refractivity contribution in [2.24, 2.45) is 0 Å². The molecule has 1 heterocycles. The Balaban J connectivity index is 1.94. The van der Waals surface area contributed by atoms with Crippen LogP contribution < -0.4 is 10.6 Å². The van der Waals surface area contributed by atoms with Gasteiger partial charge in [0.25, 0.3) is 0 Å². The van der Waals surface area contributed by atoms with Crippen LogP contribution in [0.2, 0.25) is 0 Å². The number of methoxy groups -OCH3 is 2. The quantitative estimate of drug-likeness (QED) is 0.531. The zero-order valence-electron chi connectivity index (χ0n) is 10.5. The molecule has 0 saturated carbocycles. The lowest BCUT2D eigenvalue weighted by atomic mass is 10.0. The van der Waals surface area contributed by atoms with Gasteiger partial charge >= 0.3 is 0 Å². The maximum Gasteiger partial charge on any atom is 0.0928 e. The van der Waals surface area contributed by atoms with Gasteiger partial charge in [0.1, 0.15) is 0 Å². The Morgan fingerprint density at radius 3 is 2.62 bits per heavy atom. The number of nitrogens with one attached hydrogen (secondary N) is 2. The van der Waals surface area contributed by atoms with Crippen LogP contribution in [0.1, 0.15) is 6.92 Å². The maximum atomic E-state index is 5.74. The zero-order valence-corrected chi connectivity index (χ0v) is 10.5. The van der Waals surface area contributed by atoms with Gasteiger partial charge in [0.05, 0.1) is 24.9 Å². The summed E-state index contributed by atoms with van der Waals surface area (Å²) in [6, 6.07) is 0. The lowest BCUT2D eigenvalue weighted by Crippen LogP contribution is -2.59. The third-order valence-electron chi connectivity index (χ3n) is 2.79. The van der Waals surface area contributed by atoms with Gasteiger partial charge in [-0.15, -0.1) is 0 Å². The van der Waals surface area contributed by atoms with Crippen LogP contribution in [0, 0.1) is 0 Å². The van der Waals surface area contributed by atoms with Crippen molar-refractivity contribution < 1.29 is 14.2 Å². The molecule has 1 aliphatic heterocycles. The molecule has 1 fully saturated rings. The highest BCUT2D eigenvalue weighted by Gasteiger charge is 2.31. The number of hydrogen-bond acceptors (Lipinski definition) is 5. The lowest BCUT2D eigenvalue weighted by Gasteiger charge is -2.39. The van der Waals surface area contributed by atoms with E-state index in [1.54, 1.807) is 14.2 Å². The molecule has 5 nitrogen and oxygen atoms in total. The summed E-state index contributed by atoms with van der Waals surface area (Å²) in [7, 11) is 3.38. The van der Waals surface area contributed by atoms with E-state index in [0.717, 1.165) is 32.8 Å². The van der Waals surface area contributed by atoms with E-state index >= 15 is 0 Å². The van der Waals surface area contributed by atoms with E-state index in [1.165, 1.54) is 0 Å². The largest absolute Gasteiger partial charge is 0.382 e. The van der Waals surface area contributed by atoms with Crippen LogP contribution in [0.15, 0.2) is 0 Å². The molecule has 0 aliphatic carbocycles. The van der Waals surface area contributed by atoms with Crippen molar-refractivity contribution in [2.45, 2.75) is 18.6 Å². The van der Waals surface area contributed by atoms with Crippen molar-refractivity contribution >= 4 is 0 Å². The first-order chi connectivity index (χ1) is 7.70. The van der Waals surface area contributed by atoms with Gasteiger partial charge in [-0.05, 0) is 6.92 Å². The van der Waals surface area contributed by atoms with Gasteiger partial charge in [0.15, 0.2) is 0 Å². The van der Waals surface area contributed by atoms with Gasteiger partial charge in [-0.2, -0.15) is 0 Å². The second-order valence-electron chi connectivity index (χ2n) is 4.42. The fourth-order valence-corrected chi connectivity index (χ4v) is 1.61. The summed E-state index contributed by atoms with van der Waals surface area (Å²) in [5, 5.41) is 6.50. The van der Waals surface area contributed by atoms with Crippen LogP contribution in [0.25, 0.3) is 0 Å². The summed E-state index contributed by atoms with van der Waals surface area (Å²) < 4.78 is 16.0.